The van der Waals surface area contributed by atoms with Crippen LogP contribution in [0.2, 0.25) is 0 Å². The van der Waals surface area contributed by atoms with Crippen LogP contribution in [0.4, 0.5) is 5.69 Å². The molecule has 1 aliphatic heterocycles. The molecule has 1 amide bonds. The van der Waals surface area contributed by atoms with Gasteiger partial charge in [0, 0.05) is 25.1 Å². The molecule has 0 bridgehead atoms. The number of anilines is 1. The number of carbonyl (C=O) groups excluding carboxylic acids is 1. The molecule has 0 spiro atoms. The molecule has 1 heterocycles. The number of sulfonamides is 1. The van der Waals surface area contributed by atoms with Gasteiger partial charge in [-0.05, 0) is 31.9 Å². The molecule has 0 saturated heterocycles. The second-order valence-electron chi connectivity index (χ2n) is 6.52. The number of carbonyl (C=O) groups is 1. The van der Waals surface area contributed by atoms with E-state index in [2.05, 4.69) is 12.2 Å². The largest absolute Gasteiger partial charge is 0.486 e. The van der Waals surface area contributed by atoms with Crippen molar-refractivity contribution >= 4 is 21.6 Å². The van der Waals surface area contributed by atoms with Crippen LogP contribution in [0.15, 0.2) is 18.2 Å². The maximum absolute atomic E-state index is 12.2. The molecular formula is C18H28N2O5S. The Kier molecular flexibility index (Phi) is 7.14. The predicted molar refractivity (Wildman–Crippen MR) is 101 cm³/mol. The molecule has 0 saturated carbocycles. The van der Waals surface area contributed by atoms with E-state index in [-0.39, 0.29) is 24.9 Å². The molecule has 146 valence electrons. The Labute approximate surface area is 155 Å². The number of rotatable bonds is 9. The van der Waals surface area contributed by atoms with Crippen molar-refractivity contribution < 1.29 is 22.7 Å². The molecule has 1 N–H and O–H groups in total. The third kappa shape index (κ3) is 5.79. The van der Waals surface area contributed by atoms with Crippen molar-refractivity contribution in [1.29, 1.82) is 0 Å². The van der Waals surface area contributed by atoms with Crippen LogP contribution in [-0.2, 0) is 14.8 Å². The van der Waals surface area contributed by atoms with Gasteiger partial charge in [0.05, 0.1) is 11.9 Å². The van der Waals surface area contributed by atoms with Gasteiger partial charge in [-0.25, -0.2) is 8.42 Å². The first-order valence-electron chi connectivity index (χ1n) is 8.98. The number of benzene rings is 1. The monoisotopic (exact) mass is 384 g/mol. The fourth-order valence-corrected chi connectivity index (χ4v) is 3.87. The Morgan fingerprint density at radius 3 is 2.62 bits per heavy atom. The molecule has 0 aliphatic carbocycles. The van der Waals surface area contributed by atoms with Crippen molar-refractivity contribution in [2.24, 2.45) is 0 Å². The number of nitrogens with zero attached hydrogens (tertiary/aromatic N) is 1. The zero-order chi connectivity index (χ0) is 19.2. The smallest absolute Gasteiger partial charge is 0.232 e. The van der Waals surface area contributed by atoms with Crippen molar-refractivity contribution in [2.45, 2.75) is 45.6 Å². The van der Waals surface area contributed by atoms with Gasteiger partial charge in [0.1, 0.15) is 13.2 Å². The normalized spacial score (nSPS) is 14.6. The summed E-state index contributed by atoms with van der Waals surface area (Å²) in [4.78, 5) is 12.0. The van der Waals surface area contributed by atoms with E-state index < -0.39 is 10.0 Å². The van der Waals surface area contributed by atoms with Gasteiger partial charge >= 0.3 is 0 Å². The number of nitrogens with one attached hydrogen (secondary N) is 1. The molecule has 8 heteroatoms. The average Bonchev–Trinajstić information content (AvgIpc) is 2.57. The van der Waals surface area contributed by atoms with Gasteiger partial charge in [0.15, 0.2) is 11.5 Å². The summed E-state index contributed by atoms with van der Waals surface area (Å²) in [5.41, 5.74) is 0.511. The Bertz CT molecular complexity index is 720. The lowest BCUT2D eigenvalue weighted by Crippen LogP contribution is -2.34. The van der Waals surface area contributed by atoms with Gasteiger partial charge in [-0.3, -0.25) is 9.10 Å². The van der Waals surface area contributed by atoms with E-state index in [0.717, 1.165) is 19.1 Å². The fourth-order valence-electron chi connectivity index (χ4n) is 2.91. The fraction of sp³-hybridized carbons (Fsp3) is 0.611. The predicted octanol–water partition coefficient (Wildman–Crippen LogP) is 2.31. The van der Waals surface area contributed by atoms with E-state index in [1.54, 1.807) is 18.2 Å². The molecule has 0 aromatic heterocycles. The summed E-state index contributed by atoms with van der Waals surface area (Å²) < 4.78 is 36.7. The van der Waals surface area contributed by atoms with Gasteiger partial charge in [0.25, 0.3) is 0 Å². The van der Waals surface area contributed by atoms with Gasteiger partial charge in [-0.15, -0.1) is 0 Å². The molecule has 7 nitrogen and oxygen atoms in total. The molecular weight excluding hydrogens is 356 g/mol. The highest BCUT2D eigenvalue weighted by atomic mass is 32.2. The highest BCUT2D eigenvalue weighted by molar-refractivity contribution is 7.92. The van der Waals surface area contributed by atoms with E-state index in [0.29, 0.717) is 36.8 Å². The van der Waals surface area contributed by atoms with Crippen LogP contribution in [0.3, 0.4) is 0 Å². The number of ether oxygens (including phenoxy) is 2. The summed E-state index contributed by atoms with van der Waals surface area (Å²) in [7, 11) is -3.47. The molecule has 2 rings (SSSR count). The third-order valence-electron chi connectivity index (χ3n) is 4.11. The lowest BCUT2D eigenvalue weighted by molar-refractivity contribution is -0.121. The molecule has 0 fully saturated rings. The van der Waals surface area contributed by atoms with E-state index in [1.807, 2.05) is 6.92 Å². The maximum Gasteiger partial charge on any atom is 0.232 e. The minimum Gasteiger partial charge on any atom is -0.486 e. The van der Waals surface area contributed by atoms with E-state index >= 15 is 0 Å². The molecule has 1 aromatic carbocycles. The van der Waals surface area contributed by atoms with Crippen LogP contribution in [0.1, 0.15) is 39.5 Å². The first-order chi connectivity index (χ1) is 12.3. The van der Waals surface area contributed by atoms with Crippen molar-refractivity contribution in [3.63, 3.8) is 0 Å². The Morgan fingerprint density at radius 2 is 1.96 bits per heavy atom. The van der Waals surface area contributed by atoms with Crippen LogP contribution in [0.25, 0.3) is 0 Å². The van der Waals surface area contributed by atoms with Crippen LogP contribution in [-0.4, -0.2) is 46.4 Å². The summed E-state index contributed by atoms with van der Waals surface area (Å²) in [5.74, 6) is 1.09. The number of hydrogen-bond acceptors (Lipinski definition) is 5. The van der Waals surface area contributed by atoms with Crippen LogP contribution in [0.5, 0.6) is 11.5 Å². The van der Waals surface area contributed by atoms with E-state index in [1.165, 1.54) is 4.31 Å². The van der Waals surface area contributed by atoms with Gasteiger partial charge in [-0.1, -0.05) is 13.3 Å². The Balaban J connectivity index is 1.99. The van der Waals surface area contributed by atoms with Crippen molar-refractivity contribution in [3.05, 3.63) is 18.2 Å². The Hall–Kier alpha value is -1.96. The number of amides is 1. The summed E-state index contributed by atoms with van der Waals surface area (Å²) in [5, 5.41) is 2.93. The minimum absolute atomic E-state index is 0.0541. The first kappa shape index (κ1) is 20.4. The number of fused-ring (bicyclic) bond motifs is 1. The molecule has 1 atom stereocenters. The van der Waals surface area contributed by atoms with Crippen molar-refractivity contribution in [1.82, 2.24) is 5.32 Å². The summed E-state index contributed by atoms with van der Waals surface area (Å²) in [6, 6.07) is 5.20. The number of hydrogen-bond donors (Lipinski definition) is 1. The first-order valence-corrected chi connectivity index (χ1v) is 10.8. The molecule has 26 heavy (non-hydrogen) atoms. The van der Waals surface area contributed by atoms with Crippen LogP contribution >= 0.6 is 0 Å². The van der Waals surface area contributed by atoms with Crippen molar-refractivity contribution in [3.8, 4) is 11.5 Å². The average molecular weight is 384 g/mol. The van der Waals surface area contributed by atoms with Crippen molar-refractivity contribution in [2.75, 3.05) is 30.3 Å². The quantitative estimate of drug-likeness (QED) is 0.706. The van der Waals surface area contributed by atoms with Crippen LogP contribution in [0, 0.1) is 0 Å². The SMILES string of the molecule is CCC[C@H](C)NC(=O)CCCN(c1ccc2c(c1)OCCO2)S(C)(=O)=O. The summed E-state index contributed by atoms with van der Waals surface area (Å²) in [6.45, 7) is 5.19. The zero-order valence-electron chi connectivity index (χ0n) is 15.7. The summed E-state index contributed by atoms with van der Waals surface area (Å²) >= 11 is 0. The third-order valence-corrected chi connectivity index (χ3v) is 5.30. The lowest BCUT2D eigenvalue weighted by atomic mass is 10.2. The molecule has 1 aromatic rings. The van der Waals surface area contributed by atoms with Gasteiger partial charge < -0.3 is 14.8 Å². The molecule has 0 radical (unpaired) electrons. The van der Waals surface area contributed by atoms with Gasteiger partial charge in [-0.2, -0.15) is 0 Å². The van der Waals surface area contributed by atoms with E-state index in [4.69, 9.17) is 9.47 Å². The topological polar surface area (TPSA) is 84.9 Å². The molecule has 1 aliphatic rings. The zero-order valence-corrected chi connectivity index (χ0v) is 16.5. The minimum atomic E-state index is -3.47. The highest BCUT2D eigenvalue weighted by Gasteiger charge is 2.21. The van der Waals surface area contributed by atoms with E-state index in [9.17, 15) is 13.2 Å². The molecule has 0 unspecified atom stereocenters. The van der Waals surface area contributed by atoms with Gasteiger partial charge in [0.2, 0.25) is 15.9 Å². The second kappa shape index (κ2) is 9.12. The maximum atomic E-state index is 12.2. The Morgan fingerprint density at radius 1 is 1.27 bits per heavy atom. The summed E-state index contributed by atoms with van der Waals surface area (Å²) in [6.07, 6.45) is 3.82. The lowest BCUT2D eigenvalue weighted by Gasteiger charge is -2.25. The standard InChI is InChI=1S/C18H28N2O5S/c1-4-6-14(2)19-18(21)7-5-10-20(26(3,22)23)15-8-9-16-17(13-15)25-12-11-24-16/h8-9,13-14H,4-7,10-12H2,1-3H3,(H,19,21)/t14-/m0/s1. The second-order valence-corrected chi connectivity index (χ2v) is 8.43. The highest BCUT2D eigenvalue weighted by Crippen LogP contribution is 2.34. The van der Waals surface area contributed by atoms with Crippen LogP contribution < -0.4 is 19.1 Å².